The lowest BCUT2D eigenvalue weighted by atomic mass is 10.7. The number of nitrogens with zero attached hydrogens (tertiary/aromatic N) is 4. The molecule has 0 radical (unpaired) electrons. The van der Waals surface area contributed by atoms with Crippen molar-refractivity contribution in [1.29, 1.82) is 0 Å². The first-order valence-corrected chi connectivity index (χ1v) is 3.26. The predicted octanol–water partition coefficient (Wildman–Crippen LogP) is -0.649. The van der Waals surface area contributed by atoms with Crippen molar-refractivity contribution in [2.45, 2.75) is 0 Å². The Labute approximate surface area is 66.9 Å². The van der Waals surface area contributed by atoms with Gasteiger partial charge in [-0.3, -0.25) is 4.79 Å². The van der Waals surface area contributed by atoms with E-state index in [1.165, 1.54) is 29.7 Å². The molecule has 60 valence electrons. The second-order valence-corrected chi connectivity index (χ2v) is 2.11. The van der Waals surface area contributed by atoms with E-state index in [9.17, 15) is 4.79 Å². The van der Waals surface area contributed by atoms with E-state index < -0.39 is 0 Å². The van der Waals surface area contributed by atoms with Crippen LogP contribution in [0.4, 0.5) is 0 Å². The summed E-state index contributed by atoms with van der Waals surface area (Å²) in [4.78, 5) is 20.7. The van der Waals surface area contributed by atoms with Gasteiger partial charge in [0.1, 0.15) is 12.7 Å². The van der Waals surface area contributed by atoms with E-state index in [-0.39, 0.29) is 5.56 Å². The fourth-order valence-electron chi connectivity index (χ4n) is 0.787. The van der Waals surface area contributed by atoms with Crippen LogP contribution in [0.15, 0.2) is 29.8 Å². The molecule has 0 amide bonds. The van der Waals surface area contributed by atoms with Crippen LogP contribution in [0.25, 0.3) is 5.82 Å². The Morgan fingerprint density at radius 3 is 3.00 bits per heavy atom. The van der Waals surface area contributed by atoms with Gasteiger partial charge in [0.15, 0.2) is 5.82 Å². The van der Waals surface area contributed by atoms with Crippen LogP contribution in [-0.2, 0) is 0 Å². The first-order valence-electron chi connectivity index (χ1n) is 3.26. The van der Waals surface area contributed by atoms with Gasteiger partial charge in [-0.2, -0.15) is 5.10 Å². The summed E-state index contributed by atoms with van der Waals surface area (Å²) >= 11 is 0. The second kappa shape index (κ2) is 2.57. The molecule has 0 aliphatic carbocycles. The molecule has 0 unspecified atom stereocenters. The molecular weight excluding hydrogens is 158 g/mol. The first-order chi connectivity index (χ1) is 5.86. The fraction of sp³-hybridized carbons (Fsp3) is 0. The van der Waals surface area contributed by atoms with Crippen molar-refractivity contribution in [3.05, 3.63) is 35.4 Å². The topological polar surface area (TPSA) is 76.5 Å². The van der Waals surface area contributed by atoms with Gasteiger partial charge in [-0.25, -0.2) is 14.6 Å². The minimum atomic E-state index is -0.237. The summed E-state index contributed by atoms with van der Waals surface area (Å²) in [6, 6.07) is 0. The van der Waals surface area contributed by atoms with Crippen molar-refractivity contribution in [3.8, 4) is 5.82 Å². The van der Waals surface area contributed by atoms with E-state index in [0.717, 1.165) is 0 Å². The third-order valence-corrected chi connectivity index (χ3v) is 1.31. The van der Waals surface area contributed by atoms with Crippen LogP contribution < -0.4 is 5.56 Å². The first kappa shape index (κ1) is 6.71. The van der Waals surface area contributed by atoms with Crippen molar-refractivity contribution in [1.82, 2.24) is 24.7 Å². The average molecular weight is 163 g/mol. The molecule has 0 saturated carbocycles. The molecule has 2 aromatic heterocycles. The summed E-state index contributed by atoms with van der Waals surface area (Å²) in [5, 5.41) is 3.84. The Kier molecular flexibility index (Phi) is 1.44. The molecule has 6 heteroatoms. The number of hydrogen-bond donors (Lipinski definition) is 1. The maximum absolute atomic E-state index is 10.6. The molecule has 0 bridgehead atoms. The Balaban J connectivity index is 2.49. The molecule has 12 heavy (non-hydrogen) atoms. The molecule has 1 N–H and O–H groups in total. The van der Waals surface area contributed by atoms with Gasteiger partial charge in [0.25, 0.3) is 5.56 Å². The molecule has 2 aromatic rings. The lowest BCUT2D eigenvalue weighted by Crippen LogP contribution is -2.08. The van der Waals surface area contributed by atoms with Crippen molar-refractivity contribution in [3.63, 3.8) is 0 Å². The van der Waals surface area contributed by atoms with Gasteiger partial charge in [-0.15, -0.1) is 0 Å². The van der Waals surface area contributed by atoms with Gasteiger partial charge >= 0.3 is 0 Å². The van der Waals surface area contributed by atoms with Crippen LogP contribution in [0.2, 0.25) is 0 Å². The predicted molar refractivity (Wildman–Crippen MR) is 39.8 cm³/mol. The highest BCUT2D eigenvalue weighted by Crippen LogP contribution is 1.93. The normalized spacial score (nSPS) is 10.0. The summed E-state index contributed by atoms with van der Waals surface area (Å²) in [7, 11) is 0. The molecule has 0 aromatic carbocycles. The lowest BCUT2D eigenvalue weighted by Gasteiger charge is -1.95. The van der Waals surface area contributed by atoms with Gasteiger partial charge in [-0.1, -0.05) is 0 Å². The van der Waals surface area contributed by atoms with E-state index in [1.54, 1.807) is 0 Å². The van der Waals surface area contributed by atoms with Crippen molar-refractivity contribution >= 4 is 0 Å². The van der Waals surface area contributed by atoms with Gasteiger partial charge in [-0.05, 0) is 0 Å². The van der Waals surface area contributed by atoms with Gasteiger partial charge in [0.05, 0.1) is 6.20 Å². The number of hydrogen-bond acceptors (Lipinski definition) is 4. The molecule has 2 heterocycles. The highest BCUT2D eigenvalue weighted by molar-refractivity contribution is 5.12. The van der Waals surface area contributed by atoms with Crippen LogP contribution >= 0.6 is 0 Å². The molecule has 6 nitrogen and oxygen atoms in total. The molecular formula is C6H5N5O. The summed E-state index contributed by atoms with van der Waals surface area (Å²) in [5.41, 5.74) is -0.237. The Morgan fingerprint density at radius 2 is 2.42 bits per heavy atom. The van der Waals surface area contributed by atoms with E-state index in [4.69, 9.17) is 0 Å². The van der Waals surface area contributed by atoms with E-state index in [1.807, 2.05) is 0 Å². The average Bonchev–Trinajstić information content (AvgIpc) is 2.58. The summed E-state index contributed by atoms with van der Waals surface area (Å²) < 4.78 is 1.45. The van der Waals surface area contributed by atoms with Crippen LogP contribution in [0.3, 0.4) is 0 Å². The van der Waals surface area contributed by atoms with Crippen molar-refractivity contribution in [2.75, 3.05) is 0 Å². The molecule has 0 atom stereocenters. The lowest BCUT2D eigenvalue weighted by molar-refractivity contribution is 0.832. The van der Waals surface area contributed by atoms with Crippen LogP contribution in [0, 0.1) is 0 Å². The van der Waals surface area contributed by atoms with Crippen molar-refractivity contribution in [2.24, 2.45) is 0 Å². The second-order valence-electron chi connectivity index (χ2n) is 2.11. The van der Waals surface area contributed by atoms with Crippen LogP contribution in [0.1, 0.15) is 0 Å². The van der Waals surface area contributed by atoms with E-state index in [0.29, 0.717) is 5.82 Å². The van der Waals surface area contributed by atoms with E-state index in [2.05, 4.69) is 20.1 Å². The third-order valence-electron chi connectivity index (χ3n) is 1.31. The fourth-order valence-corrected chi connectivity index (χ4v) is 0.787. The Bertz CT molecular complexity index is 397. The van der Waals surface area contributed by atoms with Gasteiger partial charge in [0, 0.05) is 6.20 Å². The Morgan fingerprint density at radius 1 is 1.50 bits per heavy atom. The maximum atomic E-state index is 10.6. The zero-order valence-corrected chi connectivity index (χ0v) is 6.01. The number of nitrogens with one attached hydrogen (secondary N) is 1. The summed E-state index contributed by atoms with van der Waals surface area (Å²) in [5.74, 6) is 0.534. The largest absolute Gasteiger partial charge is 0.324 e. The van der Waals surface area contributed by atoms with Crippen LogP contribution in [0.5, 0.6) is 0 Å². The zero-order valence-electron chi connectivity index (χ0n) is 6.01. The van der Waals surface area contributed by atoms with Gasteiger partial charge < -0.3 is 4.98 Å². The summed E-state index contributed by atoms with van der Waals surface area (Å²) in [6.07, 6.45) is 5.56. The molecule has 0 fully saturated rings. The summed E-state index contributed by atoms with van der Waals surface area (Å²) in [6.45, 7) is 0. The molecule has 0 aliphatic heterocycles. The quantitative estimate of drug-likeness (QED) is 0.606. The van der Waals surface area contributed by atoms with E-state index >= 15 is 0 Å². The highest BCUT2D eigenvalue weighted by Gasteiger charge is 1.95. The highest BCUT2D eigenvalue weighted by atomic mass is 16.1. The number of aromatic amines is 1. The SMILES string of the molecule is O=c1cnc(-n2cncn2)c[nH]1. The number of aromatic nitrogens is 5. The monoisotopic (exact) mass is 163 g/mol. The Hall–Kier alpha value is -1.98. The standard InChI is InChI=1S/C6H5N5O/c12-6-2-8-5(1-9-6)11-4-7-3-10-11/h1-4H,(H,9,12). The molecule has 0 aliphatic rings. The van der Waals surface area contributed by atoms with Crippen LogP contribution in [-0.4, -0.2) is 24.7 Å². The molecule has 0 saturated heterocycles. The smallest absolute Gasteiger partial charge is 0.266 e. The number of H-pyrrole nitrogens is 1. The molecule has 2 rings (SSSR count). The van der Waals surface area contributed by atoms with Crippen molar-refractivity contribution < 1.29 is 0 Å². The molecule has 0 spiro atoms. The zero-order chi connectivity index (χ0) is 8.39. The minimum Gasteiger partial charge on any atom is -0.324 e. The minimum absolute atomic E-state index is 0.237. The van der Waals surface area contributed by atoms with Gasteiger partial charge in [0.2, 0.25) is 0 Å². The number of rotatable bonds is 1. The maximum Gasteiger partial charge on any atom is 0.266 e. The third kappa shape index (κ3) is 1.09.